The molecule has 0 aliphatic rings. The van der Waals surface area contributed by atoms with Crippen LogP contribution >= 0.6 is 0 Å². The van der Waals surface area contributed by atoms with Crippen LogP contribution in [0.5, 0.6) is 0 Å². The summed E-state index contributed by atoms with van der Waals surface area (Å²) in [5.74, 6) is 5.59. The predicted molar refractivity (Wildman–Crippen MR) is 40.6 cm³/mol. The molecule has 0 aliphatic carbocycles. The van der Waals surface area contributed by atoms with Gasteiger partial charge in [-0.3, -0.25) is 5.41 Å². The SMILES string of the molecule is CCCC#CCOC(=N)N. The van der Waals surface area contributed by atoms with Gasteiger partial charge in [0.05, 0.1) is 0 Å². The number of ether oxygens (including phenoxy) is 1. The maximum atomic E-state index is 6.66. The van der Waals surface area contributed by atoms with Crippen molar-refractivity contribution in [3.63, 3.8) is 0 Å². The lowest BCUT2D eigenvalue weighted by Crippen LogP contribution is -2.13. The monoisotopic (exact) mass is 140 g/mol. The minimum atomic E-state index is -0.272. The highest BCUT2D eigenvalue weighted by Crippen LogP contribution is 1.80. The van der Waals surface area contributed by atoms with Crippen molar-refractivity contribution in [2.24, 2.45) is 5.73 Å². The van der Waals surface area contributed by atoms with Gasteiger partial charge in [-0.05, 0) is 6.42 Å². The van der Waals surface area contributed by atoms with Crippen LogP contribution in [-0.2, 0) is 4.74 Å². The van der Waals surface area contributed by atoms with Crippen molar-refractivity contribution in [1.29, 1.82) is 5.41 Å². The summed E-state index contributed by atoms with van der Waals surface area (Å²) in [4.78, 5) is 0. The van der Waals surface area contributed by atoms with E-state index in [1.165, 1.54) is 0 Å². The summed E-state index contributed by atoms with van der Waals surface area (Å²) in [7, 11) is 0. The maximum Gasteiger partial charge on any atom is 0.279 e. The minimum absolute atomic E-state index is 0.231. The van der Waals surface area contributed by atoms with Crippen molar-refractivity contribution in [3.05, 3.63) is 0 Å². The van der Waals surface area contributed by atoms with Gasteiger partial charge in [0.1, 0.15) is 0 Å². The van der Waals surface area contributed by atoms with Gasteiger partial charge in [-0.15, -0.1) is 0 Å². The summed E-state index contributed by atoms with van der Waals surface area (Å²) in [5, 5.41) is 6.66. The Hall–Kier alpha value is -1.17. The molecule has 0 aromatic heterocycles. The third-order valence-electron chi connectivity index (χ3n) is 0.800. The fourth-order valence-electron chi connectivity index (χ4n) is 0.378. The Kier molecular flexibility index (Phi) is 5.26. The van der Waals surface area contributed by atoms with E-state index in [0.29, 0.717) is 0 Å². The van der Waals surface area contributed by atoms with Crippen LogP contribution < -0.4 is 5.73 Å². The van der Waals surface area contributed by atoms with Crippen LogP contribution in [0.3, 0.4) is 0 Å². The molecule has 0 rings (SSSR count). The second-order valence-corrected chi connectivity index (χ2v) is 1.76. The first-order valence-electron chi connectivity index (χ1n) is 3.20. The lowest BCUT2D eigenvalue weighted by molar-refractivity contribution is 0.348. The Morgan fingerprint density at radius 2 is 2.30 bits per heavy atom. The summed E-state index contributed by atoms with van der Waals surface area (Å²) >= 11 is 0. The van der Waals surface area contributed by atoms with Gasteiger partial charge in [0, 0.05) is 6.42 Å². The highest BCUT2D eigenvalue weighted by Gasteiger charge is 1.80. The standard InChI is InChI=1S/C7H12N2O/c1-2-3-4-5-6-10-7(8)9/h2-3,6H2,1H3,(H3,8,9). The van der Waals surface area contributed by atoms with E-state index in [0.717, 1.165) is 12.8 Å². The molecule has 3 nitrogen and oxygen atoms in total. The summed E-state index contributed by atoms with van der Waals surface area (Å²) < 4.78 is 4.58. The van der Waals surface area contributed by atoms with Gasteiger partial charge in [-0.2, -0.15) is 0 Å². The van der Waals surface area contributed by atoms with E-state index in [9.17, 15) is 0 Å². The largest absolute Gasteiger partial charge is 0.452 e. The zero-order chi connectivity index (χ0) is 7.82. The second-order valence-electron chi connectivity index (χ2n) is 1.76. The van der Waals surface area contributed by atoms with Crippen LogP contribution in [0.4, 0.5) is 0 Å². The summed E-state index contributed by atoms with van der Waals surface area (Å²) in [6.45, 7) is 2.29. The molecule has 0 radical (unpaired) electrons. The molecule has 0 saturated heterocycles. The van der Waals surface area contributed by atoms with Crippen molar-refractivity contribution >= 4 is 6.02 Å². The smallest absolute Gasteiger partial charge is 0.279 e. The van der Waals surface area contributed by atoms with Gasteiger partial charge in [0.15, 0.2) is 6.61 Å². The van der Waals surface area contributed by atoms with E-state index in [1.807, 2.05) is 0 Å². The van der Waals surface area contributed by atoms with Crippen molar-refractivity contribution < 1.29 is 4.74 Å². The third-order valence-corrected chi connectivity index (χ3v) is 0.800. The molecule has 0 aromatic carbocycles. The second kappa shape index (κ2) is 5.96. The van der Waals surface area contributed by atoms with Gasteiger partial charge in [-0.25, -0.2) is 0 Å². The molecular formula is C7H12N2O. The molecule has 0 spiro atoms. The number of amidine groups is 1. The van der Waals surface area contributed by atoms with Crippen molar-refractivity contribution in [3.8, 4) is 11.8 Å². The van der Waals surface area contributed by atoms with E-state index in [2.05, 4.69) is 23.5 Å². The molecule has 0 atom stereocenters. The molecule has 0 amide bonds. The Morgan fingerprint density at radius 1 is 1.60 bits per heavy atom. The van der Waals surface area contributed by atoms with E-state index in [4.69, 9.17) is 11.1 Å². The number of hydrogen-bond donors (Lipinski definition) is 2. The Labute approximate surface area is 61.1 Å². The summed E-state index contributed by atoms with van der Waals surface area (Å²) in [6, 6.07) is -0.272. The average molecular weight is 140 g/mol. The van der Waals surface area contributed by atoms with Gasteiger partial charge < -0.3 is 10.5 Å². The highest BCUT2D eigenvalue weighted by molar-refractivity contribution is 5.67. The number of hydrogen-bond acceptors (Lipinski definition) is 2. The number of nitrogens with two attached hydrogens (primary N) is 1. The predicted octanol–water partition coefficient (Wildman–Crippen LogP) is 0.700. The molecule has 3 N–H and O–H groups in total. The molecule has 0 heterocycles. The molecule has 0 saturated carbocycles. The first kappa shape index (κ1) is 8.83. The number of unbranched alkanes of at least 4 members (excludes halogenated alkanes) is 1. The average Bonchev–Trinajstić information content (AvgIpc) is 1.87. The van der Waals surface area contributed by atoms with Crippen LogP contribution in [-0.4, -0.2) is 12.6 Å². The normalized spacial score (nSPS) is 7.70. The van der Waals surface area contributed by atoms with Crippen molar-refractivity contribution in [1.82, 2.24) is 0 Å². The van der Waals surface area contributed by atoms with Crippen LogP contribution in [0.1, 0.15) is 19.8 Å². The van der Waals surface area contributed by atoms with Gasteiger partial charge in [0.25, 0.3) is 6.02 Å². The van der Waals surface area contributed by atoms with Crippen LogP contribution in [0, 0.1) is 17.3 Å². The van der Waals surface area contributed by atoms with E-state index in [-0.39, 0.29) is 12.6 Å². The topological polar surface area (TPSA) is 59.1 Å². The molecule has 0 bridgehead atoms. The van der Waals surface area contributed by atoms with Gasteiger partial charge in [-0.1, -0.05) is 18.8 Å². The Balaban J connectivity index is 3.20. The van der Waals surface area contributed by atoms with Crippen molar-refractivity contribution in [2.45, 2.75) is 19.8 Å². The molecule has 0 aromatic rings. The fraction of sp³-hybridized carbons (Fsp3) is 0.571. The number of rotatable bonds is 2. The lowest BCUT2D eigenvalue weighted by atomic mass is 10.3. The summed E-state index contributed by atoms with van der Waals surface area (Å²) in [6.07, 6.45) is 1.92. The first-order valence-corrected chi connectivity index (χ1v) is 3.20. The Bertz CT molecular complexity index is 155. The van der Waals surface area contributed by atoms with E-state index >= 15 is 0 Å². The molecule has 56 valence electrons. The molecule has 3 heteroatoms. The lowest BCUT2D eigenvalue weighted by Gasteiger charge is -1.93. The number of nitrogens with one attached hydrogen (secondary N) is 1. The van der Waals surface area contributed by atoms with Crippen LogP contribution in [0.2, 0.25) is 0 Å². The van der Waals surface area contributed by atoms with Crippen LogP contribution in [0.15, 0.2) is 0 Å². The molecule has 0 unspecified atom stereocenters. The van der Waals surface area contributed by atoms with E-state index < -0.39 is 0 Å². The zero-order valence-corrected chi connectivity index (χ0v) is 6.11. The Morgan fingerprint density at radius 3 is 2.80 bits per heavy atom. The van der Waals surface area contributed by atoms with Crippen LogP contribution in [0.25, 0.3) is 0 Å². The summed E-state index contributed by atoms with van der Waals surface area (Å²) in [5.41, 5.74) is 4.90. The molecule has 10 heavy (non-hydrogen) atoms. The molecule has 0 fully saturated rings. The van der Waals surface area contributed by atoms with Gasteiger partial charge >= 0.3 is 0 Å². The first-order chi connectivity index (χ1) is 4.77. The fourth-order valence-corrected chi connectivity index (χ4v) is 0.378. The quantitative estimate of drug-likeness (QED) is 0.337. The maximum absolute atomic E-state index is 6.66. The van der Waals surface area contributed by atoms with Crippen molar-refractivity contribution in [2.75, 3.05) is 6.61 Å². The van der Waals surface area contributed by atoms with Gasteiger partial charge in [0.2, 0.25) is 0 Å². The minimum Gasteiger partial charge on any atom is -0.452 e. The van der Waals surface area contributed by atoms with E-state index in [1.54, 1.807) is 0 Å². The molecular weight excluding hydrogens is 128 g/mol. The molecule has 0 aliphatic heterocycles. The highest BCUT2D eigenvalue weighted by atomic mass is 16.5. The zero-order valence-electron chi connectivity index (χ0n) is 6.11. The third kappa shape index (κ3) is 6.83.